The third-order valence-electron chi connectivity index (χ3n) is 3.40. The van der Waals surface area contributed by atoms with Gasteiger partial charge in [-0.3, -0.25) is 5.10 Å². The third kappa shape index (κ3) is 3.12. The number of nitrogens with zero attached hydrogens (tertiary/aromatic N) is 1. The summed E-state index contributed by atoms with van der Waals surface area (Å²) >= 11 is 0. The van der Waals surface area contributed by atoms with Crippen LogP contribution in [0, 0.1) is 0 Å². The van der Waals surface area contributed by atoms with Crippen molar-refractivity contribution in [1.29, 1.82) is 0 Å². The van der Waals surface area contributed by atoms with Crippen molar-refractivity contribution in [3.63, 3.8) is 0 Å². The van der Waals surface area contributed by atoms with Crippen molar-refractivity contribution in [3.05, 3.63) is 71.9 Å². The average Bonchev–Trinajstić information content (AvgIpc) is 3.03. The first-order valence-corrected chi connectivity index (χ1v) is 6.88. The van der Waals surface area contributed by atoms with Crippen molar-refractivity contribution in [2.75, 3.05) is 5.32 Å². The second kappa shape index (κ2) is 6.24. The second-order valence-corrected chi connectivity index (χ2v) is 4.84. The SMILES string of the molecule is OCc1ccc(NCc2cn[nH]c2-c2ccccc2)cc1. The van der Waals surface area contributed by atoms with Crippen LogP contribution in [0.2, 0.25) is 0 Å². The summed E-state index contributed by atoms with van der Waals surface area (Å²) in [5.74, 6) is 0. The molecule has 0 aliphatic heterocycles. The highest BCUT2D eigenvalue weighted by molar-refractivity contribution is 5.63. The van der Waals surface area contributed by atoms with Crippen molar-refractivity contribution >= 4 is 5.69 Å². The van der Waals surface area contributed by atoms with Gasteiger partial charge in [-0.05, 0) is 23.3 Å². The quantitative estimate of drug-likeness (QED) is 0.672. The van der Waals surface area contributed by atoms with E-state index in [0.29, 0.717) is 6.54 Å². The van der Waals surface area contributed by atoms with Crippen LogP contribution in [0.4, 0.5) is 5.69 Å². The zero-order valence-electron chi connectivity index (χ0n) is 11.6. The van der Waals surface area contributed by atoms with Gasteiger partial charge in [0, 0.05) is 17.8 Å². The fourth-order valence-corrected chi connectivity index (χ4v) is 2.23. The van der Waals surface area contributed by atoms with E-state index in [2.05, 4.69) is 27.6 Å². The van der Waals surface area contributed by atoms with E-state index in [-0.39, 0.29) is 6.61 Å². The van der Waals surface area contributed by atoms with E-state index in [1.807, 2.05) is 48.7 Å². The minimum Gasteiger partial charge on any atom is -0.392 e. The number of benzene rings is 2. The lowest BCUT2D eigenvalue weighted by molar-refractivity contribution is 0.282. The van der Waals surface area contributed by atoms with Crippen LogP contribution in [-0.4, -0.2) is 15.3 Å². The highest BCUT2D eigenvalue weighted by atomic mass is 16.3. The first kappa shape index (κ1) is 13.4. The molecule has 0 unspecified atom stereocenters. The largest absolute Gasteiger partial charge is 0.392 e. The predicted octanol–water partition coefficient (Wildman–Crippen LogP) is 3.18. The number of aromatic amines is 1. The first-order valence-electron chi connectivity index (χ1n) is 6.88. The van der Waals surface area contributed by atoms with Gasteiger partial charge >= 0.3 is 0 Å². The van der Waals surface area contributed by atoms with Crippen LogP contribution >= 0.6 is 0 Å². The van der Waals surface area contributed by atoms with Gasteiger partial charge in [0.15, 0.2) is 0 Å². The highest BCUT2D eigenvalue weighted by Crippen LogP contribution is 2.21. The summed E-state index contributed by atoms with van der Waals surface area (Å²) < 4.78 is 0. The molecule has 106 valence electrons. The van der Waals surface area contributed by atoms with Crippen molar-refractivity contribution < 1.29 is 5.11 Å². The van der Waals surface area contributed by atoms with Gasteiger partial charge < -0.3 is 10.4 Å². The first-order chi connectivity index (χ1) is 10.4. The van der Waals surface area contributed by atoms with Crippen LogP contribution in [0.15, 0.2) is 60.8 Å². The molecule has 0 atom stereocenters. The number of nitrogens with one attached hydrogen (secondary N) is 2. The third-order valence-corrected chi connectivity index (χ3v) is 3.40. The fourth-order valence-electron chi connectivity index (χ4n) is 2.23. The Kier molecular flexibility index (Phi) is 3.98. The normalized spacial score (nSPS) is 10.5. The number of anilines is 1. The summed E-state index contributed by atoms with van der Waals surface area (Å²) in [6.45, 7) is 0.763. The maximum Gasteiger partial charge on any atom is 0.0700 e. The molecule has 0 fully saturated rings. The minimum atomic E-state index is 0.0696. The van der Waals surface area contributed by atoms with Gasteiger partial charge in [-0.25, -0.2) is 0 Å². The molecular formula is C17H17N3O. The Morgan fingerprint density at radius 3 is 2.48 bits per heavy atom. The van der Waals surface area contributed by atoms with Gasteiger partial charge in [0.2, 0.25) is 0 Å². The zero-order chi connectivity index (χ0) is 14.5. The summed E-state index contributed by atoms with van der Waals surface area (Å²) in [5.41, 5.74) is 5.21. The van der Waals surface area contributed by atoms with Gasteiger partial charge in [0.05, 0.1) is 18.5 Å². The molecule has 3 rings (SSSR count). The molecule has 4 heteroatoms. The molecule has 0 amide bonds. The summed E-state index contributed by atoms with van der Waals surface area (Å²) in [5, 5.41) is 19.6. The number of aromatic nitrogens is 2. The van der Waals surface area contributed by atoms with E-state index in [1.165, 1.54) is 0 Å². The molecule has 0 radical (unpaired) electrons. The van der Waals surface area contributed by atoms with Crippen LogP contribution < -0.4 is 5.32 Å². The van der Waals surface area contributed by atoms with E-state index in [1.54, 1.807) is 0 Å². The van der Waals surface area contributed by atoms with Crippen LogP contribution in [-0.2, 0) is 13.2 Å². The Labute approximate surface area is 123 Å². The molecule has 1 aromatic heterocycles. The van der Waals surface area contributed by atoms with Gasteiger partial charge in [0.25, 0.3) is 0 Å². The molecule has 0 saturated heterocycles. The molecule has 0 spiro atoms. The molecule has 0 bridgehead atoms. The molecule has 3 N–H and O–H groups in total. The standard InChI is InChI=1S/C17H17N3O/c21-12-13-6-8-16(9-7-13)18-10-15-11-19-20-17(15)14-4-2-1-3-5-14/h1-9,11,18,21H,10,12H2,(H,19,20). The molecule has 0 saturated carbocycles. The number of aliphatic hydroxyl groups is 1. The van der Waals surface area contributed by atoms with Gasteiger partial charge in [-0.15, -0.1) is 0 Å². The molecular weight excluding hydrogens is 262 g/mol. The number of hydrogen-bond acceptors (Lipinski definition) is 3. The van der Waals surface area contributed by atoms with Gasteiger partial charge in [0.1, 0.15) is 0 Å². The zero-order valence-corrected chi connectivity index (χ0v) is 11.6. The van der Waals surface area contributed by atoms with Crippen LogP contribution in [0.5, 0.6) is 0 Å². The van der Waals surface area contributed by atoms with E-state index in [9.17, 15) is 0 Å². The molecule has 4 nitrogen and oxygen atoms in total. The number of H-pyrrole nitrogens is 1. The lowest BCUT2D eigenvalue weighted by Gasteiger charge is -2.07. The number of aliphatic hydroxyl groups excluding tert-OH is 1. The molecule has 2 aromatic carbocycles. The fraction of sp³-hybridized carbons (Fsp3) is 0.118. The number of rotatable bonds is 5. The molecule has 0 aliphatic rings. The maximum atomic E-state index is 9.04. The number of hydrogen-bond donors (Lipinski definition) is 3. The van der Waals surface area contributed by atoms with Crippen molar-refractivity contribution in [3.8, 4) is 11.3 Å². The Balaban J connectivity index is 1.72. The summed E-state index contributed by atoms with van der Waals surface area (Å²) in [6, 6.07) is 17.9. The smallest absolute Gasteiger partial charge is 0.0700 e. The Morgan fingerprint density at radius 1 is 1.00 bits per heavy atom. The monoisotopic (exact) mass is 279 g/mol. The highest BCUT2D eigenvalue weighted by Gasteiger charge is 2.06. The minimum absolute atomic E-state index is 0.0696. The van der Waals surface area contributed by atoms with E-state index >= 15 is 0 Å². The maximum absolute atomic E-state index is 9.04. The van der Waals surface area contributed by atoms with E-state index in [4.69, 9.17) is 5.11 Å². The van der Waals surface area contributed by atoms with Crippen LogP contribution in [0.1, 0.15) is 11.1 Å². The lowest BCUT2D eigenvalue weighted by Crippen LogP contribution is -2.00. The second-order valence-electron chi connectivity index (χ2n) is 4.84. The Bertz CT molecular complexity index is 690. The molecule has 0 aliphatic carbocycles. The van der Waals surface area contributed by atoms with Crippen LogP contribution in [0.25, 0.3) is 11.3 Å². The summed E-state index contributed by atoms with van der Waals surface area (Å²) in [7, 11) is 0. The Morgan fingerprint density at radius 2 is 1.76 bits per heavy atom. The summed E-state index contributed by atoms with van der Waals surface area (Å²) in [6.07, 6.45) is 1.84. The van der Waals surface area contributed by atoms with E-state index in [0.717, 1.165) is 28.1 Å². The lowest BCUT2D eigenvalue weighted by atomic mass is 10.1. The van der Waals surface area contributed by atoms with Gasteiger partial charge in [-0.1, -0.05) is 42.5 Å². The van der Waals surface area contributed by atoms with Gasteiger partial charge in [-0.2, -0.15) is 5.10 Å². The molecule has 1 heterocycles. The molecule has 21 heavy (non-hydrogen) atoms. The van der Waals surface area contributed by atoms with Crippen LogP contribution in [0.3, 0.4) is 0 Å². The van der Waals surface area contributed by atoms with Crippen molar-refractivity contribution in [1.82, 2.24) is 10.2 Å². The van der Waals surface area contributed by atoms with E-state index < -0.39 is 0 Å². The molecule has 3 aromatic rings. The predicted molar refractivity (Wildman–Crippen MR) is 83.7 cm³/mol. The van der Waals surface area contributed by atoms with Crippen molar-refractivity contribution in [2.24, 2.45) is 0 Å². The Hall–Kier alpha value is -2.59. The average molecular weight is 279 g/mol. The summed E-state index contributed by atoms with van der Waals surface area (Å²) in [4.78, 5) is 0. The van der Waals surface area contributed by atoms with Crippen molar-refractivity contribution in [2.45, 2.75) is 13.2 Å². The topological polar surface area (TPSA) is 60.9 Å².